The second-order valence-electron chi connectivity index (χ2n) is 5.28. The monoisotopic (exact) mass is 226 g/mol. The van der Waals surface area contributed by atoms with Crippen molar-refractivity contribution in [2.24, 2.45) is 11.8 Å². The molecule has 1 unspecified atom stereocenters. The van der Waals surface area contributed by atoms with Gasteiger partial charge in [0.05, 0.1) is 13.1 Å². The topological polar surface area (TPSA) is 52.6 Å². The maximum atomic E-state index is 11.9. The molecule has 1 amide bonds. The van der Waals surface area contributed by atoms with Gasteiger partial charge < -0.3 is 15.3 Å². The molecule has 0 bridgehead atoms. The van der Waals surface area contributed by atoms with Crippen molar-refractivity contribution in [3.63, 3.8) is 0 Å². The van der Waals surface area contributed by atoms with E-state index in [1.807, 2.05) is 13.8 Å². The largest absolute Gasteiger partial charge is 0.386 e. The minimum absolute atomic E-state index is 0.0173. The predicted molar refractivity (Wildman–Crippen MR) is 62.0 cm³/mol. The van der Waals surface area contributed by atoms with E-state index in [0.717, 1.165) is 25.9 Å². The highest BCUT2D eigenvalue weighted by Crippen LogP contribution is 2.44. The third-order valence-electron chi connectivity index (χ3n) is 3.70. The molecule has 0 aromatic heterocycles. The summed E-state index contributed by atoms with van der Waals surface area (Å²) in [5.74, 6) is 0.649. The number of aliphatic hydroxyl groups is 1. The summed E-state index contributed by atoms with van der Waals surface area (Å²) in [4.78, 5) is 13.7. The van der Waals surface area contributed by atoms with Crippen LogP contribution in [0.25, 0.3) is 0 Å². The lowest BCUT2D eigenvalue weighted by Crippen LogP contribution is -2.65. The van der Waals surface area contributed by atoms with Gasteiger partial charge in [-0.25, -0.2) is 0 Å². The first-order valence-electron chi connectivity index (χ1n) is 6.28. The van der Waals surface area contributed by atoms with E-state index in [9.17, 15) is 9.90 Å². The first-order valence-corrected chi connectivity index (χ1v) is 6.28. The van der Waals surface area contributed by atoms with E-state index >= 15 is 0 Å². The number of hydrogen-bond acceptors (Lipinski definition) is 3. The van der Waals surface area contributed by atoms with Crippen molar-refractivity contribution < 1.29 is 9.90 Å². The molecule has 92 valence electrons. The summed E-state index contributed by atoms with van der Waals surface area (Å²) < 4.78 is 0. The second kappa shape index (κ2) is 4.34. The Morgan fingerprint density at radius 2 is 2.19 bits per heavy atom. The van der Waals surface area contributed by atoms with Gasteiger partial charge in [0.2, 0.25) is 5.91 Å². The molecule has 1 aliphatic heterocycles. The van der Waals surface area contributed by atoms with Gasteiger partial charge >= 0.3 is 0 Å². The van der Waals surface area contributed by atoms with Crippen LogP contribution in [0, 0.1) is 11.8 Å². The van der Waals surface area contributed by atoms with Gasteiger partial charge in [0.1, 0.15) is 5.60 Å². The third kappa shape index (κ3) is 2.23. The van der Waals surface area contributed by atoms with Gasteiger partial charge in [-0.15, -0.1) is 0 Å². The molecular weight excluding hydrogens is 204 g/mol. The van der Waals surface area contributed by atoms with Crippen molar-refractivity contribution in [3.8, 4) is 0 Å². The predicted octanol–water partition coefficient (Wildman–Crippen LogP) is 0.215. The molecule has 2 aliphatic rings. The van der Waals surface area contributed by atoms with Crippen LogP contribution in [0.5, 0.6) is 0 Å². The Morgan fingerprint density at radius 1 is 1.56 bits per heavy atom. The van der Waals surface area contributed by atoms with Crippen molar-refractivity contribution >= 4 is 5.91 Å². The Morgan fingerprint density at radius 3 is 2.69 bits per heavy atom. The van der Waals surface area contributed by atoms with Crippen molar-refractivity contribution in [3.05, 3.63) is 0 Å². The zero-order valence-electron chi connectivity index (χ0n) is 10.2. The molecule has 2 N–H and O–H groups in total. The van der Waals surface area contributed by atoms with Crippen molar-refractivity contribution in [1.82, 2.24) is 10.2 Å². The fourth-order valence-electron chi connectivity index (χ4n) is 2.41. The SMILES string of the molecule is CCNCC(C)C(=O)N1CC(O)(C2CC2)C1. The number of rotatable bonds is 5. The third-order valence-corrected chi connectivity index (χ3v) is 3.70. The minimum atomic E-state index is -0.548. The van der Waals surface area contributed by atoms with Crippen LogP contribution in [0.4, 0.5) is 0 Å². The number of likely N-dealkylation sites (tertiary alicyclic amines) is 1. The number of hydrogen-bond donors (Lipinski definition) is 2. The van der Waals surface area contributed by atoms with E-state index in [1.54, 1.807) is 4.90 Å². The fourth-order valence-corrected chi connectivity index (χ4v) is 2.41. The first kappa shape index (κ1) is 11.9. The summed E-state index contributed by atoms with van der Waals surface area (Å²) in [5, 5.41) is 13.3. The molecule has 2 rings (SSSR count). The quantitative estimate of drug-likeness (QED) is 0.705. The van der Waals surface area contributed by atoms with E-state index < -0.39 is 5.60 Å². The van der Waals surface area contributed by atoms with Crippen LogP contribution in [0.3, 0.4) is 0 Å². The minimum Gasteiger partial charge on any atom is -0.386 e. The van der Waals surface area contributed by atoms with Gasteiger partial charge in [0, 0.05) is 12.5 Å². The van der Waals surface area contributed by atoms with Gasteiger partial charge in [-0.3, -0.25) is 4.79 Å². The standard InChI is InChI=1S/C12H22N2O2/c1-3-13-6-9(2)11(15)14-7-12(16,8-14)10-4-5-10/h9-10,13,16H,3-8H2,1-2H3. The van der Waals surface area contributed by atoms with Crippen molar-refractivity contribution in [2.75, 3.05) is 26.2 Å². The Bertz CT molecular complexity index is 270. The Hall–Kier alpha value is -0.610. The van der Waals surface area contributed by atoms with Crippen LogP contribution in [0.2, 0.25) is 0 Å². The van der Waals surface area contributed by atoms with Crippen LogP contribution < -0.4 is 5.32 Å². The summed E-state index contributed by atoms with van der Waals surface area (Å²) in [5.41, 5.74) is -0.548. The number of carbonyl (C=O) groups excluding carboxylic acids is 1. The van der Waals surface area contributed by atoms with E-state index in [1.165, 1.54) is 0 Å². The molecule has 0 aromatic rings. The van der Waals surface area contributed by atoms with Gasteiger partial charge in [-0.05, 0) is 25.3 Å². The van der Waals surface area contributed by atoms with Gasteiger partial charge in [-0.2, -0.15) is 0 Å². The maximum absolute atomic E-state index is 11.9. The number of nitrogens with zero attached hydrogens (tertiary/aromatic N) is 1. The van der Waals surface area contributed by atoms with Crippen LogP contribution in [0.1, 0.15) is 26.7 Å². The Labute approximate surface area is 97.0 Å². The van der Waals surface area contributed by atoms with Crippen LogP contribution in [-0.2, 0) is 4.79 Å². The van der Waals surface area contributed by atoms with E-state index in [-0.39, 0.29) is 11.8 Å². The summed E-state index contributed by atoms with van der Waals surface area (Å²) >= 11 is 0. The molecule has 1 aliphatic carbocycles. The lowest BCUT2D eigenvalue weighted by Gasteiger charge is -2.47. The second-order valence-corrected chi connectivity index (χ2v) is 5.28. The molecule has 1 atom stereocenters. The zero-order chi connectivity index (χ0) is 11.8. The molecule has 2 fully saturated rings. The molecule has 16 heavy (non-hydrogen) atoms. The van der Waals surface area contributed by atoms with Crippen molar-refractivity contribution in [1.29, 1.82) is 0 Å². The molecular formula is C12H22N2O2. The average molecular weight is 226 g/mol. The van der Waals surface area contributed by atoms with E-state index in [0.29, 0.717) is 19.0 Å². The maximum Gasteiger partial charge on any atom is 0.226 e. The normalized spacial score (nSPS) is 25.1. The van der Waals surface area contributed by atoms with E-state index in [2.05, 4.69) is 5.32 Å². The molecule has 0 aromatic carbocycles. The Kier molecular flexibility index (Phi) is 3.22. The highest BCUT2D eigenvalue weighted by Gasteiger charge is 2.53. The molecule has 4 heteroatoms. The van der Waals surface area contributed by atoms with Gasteiger partial charge in [0.25, 0.3) is 0 Å². The molecule has 0 radical (unpaired) electrons. The molecule has 1 heterocycles. The highest BCUT2D eigenvalue weighted by atomic mass is 16.3. The molecule has 1 saturated carbocycles. The number of amides is 1. The number of carbonyl (C=O) groups is 1. The molecule has 1 saturated heterocycles. The smallest absolute Gasteiger partial charge is 0.226 e. The van der Waals surface area contributed by atoms with Crippen LogP contribution in [-0.4, -0.2) is 47.7 Å². The summed E-state index contributed by atoms with van der Waals surface area (Å²) in [7, 11) is 0. The summed E-state index contributed by atoms with van der Waals surface area (Å²) in [6.45, 7) is 6.70. The lowest BCUT2D eigenvalue weighted by molar-refractivity contribution is -0.162. The molecule has 4 nitrogen and oxygen atoms in total. The zero-order valence-corrected chi connectivity index (χ0v) is 10.2. The highest BCUT2D eigenvalue weighted by molar-refractivity contribution is 5.80. The molecule has 0 spiro atoms. The first-order chi connectivity index (χ1) is 7.57. The summed E-state index contributed by atoms with van der Waals surface area (Å²) in [6, 6.07) is 0. The fraction of sp³-hybridized carbons (Fsp3) is 0.917. The van der Waals surface area contributed by atoms with Gasteiger partial charge in [0.15, 0.2) is 0 Å². The van der Waals surface area contributed by atoms with Gasteiger partial charge in [-0.1, -0.05) is 13.8 Å². The Balaban J connectivity index is 1.75. The number of β-amino-alcohol motifs (C(OH)–C–C–N with tert-alkyl or cyclic N) is 1. The van der Waals surface area contributed by atoms with Crippen molar-refractivity contribution in [2.45, 2.75) is 32.3 Å². The van der Waals surface area contributed by atoms with Crippen LogP contribution >= 0.6 is 0 Å². The summed E-state index contributed by atoms with van der Waals surface area (Å²) in [6.07, 6.45) is 2.26. The lowest BCUT2D eigenvalue weighted by atomic mass is 9.87. The van der Waals surface area contributed by atoms with Crippen LogP contribution in [0.15, 0.2) is 0 Å². The number of nitrogens with one attached hydrogen (secondary N) is 1. The van der Waals surface area contributed by atoms with E-state index in [4.69, 9.17) is 0 Å². The average Bonchev–Trinajstić information content (AvgIpc) is 3.04.